The molecule has 0 saturated carbocycles. The number of hydrogen-bond donors (Lipinski definition) is 2. The average Bonchev–Trinajstić information content (AvgIpc) is 3.37. The number of nitrogens with two attached hydrogens (primary N) is 2. The molecule has 0 aromatic heterocycles. The van der Waals surface area contributed by atoms with Crippen molar-refractivity contribution in [3.8, 4) is 22.6 Å². The van der Waals surface area contributed by atoms with Crippen LogP contribution in [-0.4, -0.2) is 11.9 Å². The molecule has 0 atom stereocenters. The average molecular weight is 589 g/mol. The third-order valence-corrected chi connectivity index (χ3v) is 8.24. The van der Waals surface area contributed by atoms with Gasteiger partial charge < -0.3 is 20.9 Å². The van der Waals surface area contributed by atoms with E-state index in [1.807, 2.05) is 72.8 Å². The van der Waals surface area contributed by atoms with Crippen molar-refractivity contribution in [2.75, 3.05) is 11.5 Å². The molecular weight excluding hydrogens is 560 g/mol. The first-order valence-electron chi connectivity index (χ1n) is 14.5. The molecule has 0 unspecified atom stereocenters. The second-order valence-corrected chi connectivity index (χ2v) is 10.9. The molecule has 1 aliphatic rings. The van der Waals surface area contributed by atoms with Crippen LogP contribution in [0.4, 0.5) is 11.4 Å². The van der Waals surface area contributed by atoms with Gasteiger partial charge >= 0.3 is 11.9 Å². The lowest BCUT2D eigenvalue weighted by Crippen LogP contribution is -2.28. The van der Waals surface area contributed by atoms with Gasteiger partial charge in [-0.05, 0) is 106 Å². The van der Waals surface area contributed by atoms with Gasteiger partial charge in [0, 0.05) is 11.4 Å². The van der Waals surface area contributed by atoms with E-state index in [9.17, 15) is 9.59 Å². The van der Waals surface area contributed by atoms with Crippen LogP contribution in [0.1, 0.15) is 43.0 Å². The van der Waals surface area contributed by atoms with Gasteiger partial charge in [-0.1, -0.05) is 72.8 Å². The molecule has 7 rings (SSSR count). The molecule has 0 fully saturated rings. The number of anilines is 2. The SMILES string of the molecule is Nc1ccc(C(=O)Oc2ccc(C3(c4ccc(OC(=O)c5ccc(N)cc5)cc4)c4ccccc4-c4ccccc43)cc2)cc1. The highest BCUT2D eigenvalue weighted by Crippen LogP contribution is 2.56. The highest BCUT2D eigenvalue weighted by Gasteiger charge is 2.45. The number of hydrogen-bond acceptors (Lipinski definition) is 6. The Hall–Kier alpha value is -6.14. The van der Waals surface area contributed by atoms with Crippen molar-refractivity contribution in [3.05, 3.63) is 179 Å². The van der Waals surface area contributed by atoms with Gasteiger partial charge in [-0.3, -0.25) is 0 Å². The van der Waals surface area contributed by atoms with E-state index in [1.165, 1.54) is 0 Å². The summed E-state index contributed by atoms with van der Waals surface area (Å²) in [6.45, 7) is 0. The Morgan fingerprint density at radius 3 is 1.18 bits per heavy atom. The van der Waals surface area contributed by atoms with Gasteiger partial charge in [0.25, 0.3) is 0 Å². The van der Waals surface area contributed by atoms with Gasteiger partial charge in [0.15, 0.2) is 0 Å². The van der Waals surface area contributed by atoms with E-state index in [4.69, 9.17) is 20.9 Å². The zero-order chi connectivity index (χ0) is 31.0. The number of carbonyl (C=O) groups excluding carboxylic acids is 2. The molecule has 6 heteroatoms. The molecule has 0 radical (unpaired) electrons. The number of carbonyl (C=O) groups is 2. The summed E-state index contributed by atoms with van der Waals surface area (Å²) in [6, 6.07) is 45.3. The number of benzene rings is 6. The zero-order valence-electron chi connectivity index (χ0n) is 24.1. The smallest absolute Gasteiger partial charge is 0.343 e. The van der Waals surface area contributed by atoms with Crippen molar-refractivity contribution in [2.45, 2.75) is 5.41 Å². The lowest BCUT2D eigenvalue weighted by molar-refractivity contribution is 0.0725. The Labute approximate surface area is 260 Å². The van der Waals surface area contributed by atoms with Gasteiger partial charge in [-0.15, -0.1) is 0 Å². The molecule has 0 saturated heterocycles. The Bertz CT molecular complexity index is 1880. The molecule has 4 N–H and O–H groups in total. The minimum Gasteiger partial charge on any atom is -0.423 e. The maximum absolute atomic E-state index is 12.8. The molecule has 0 aliphatic heterocycles. The number of fused-ring (bicyclic) bond motifs is 3. The topological polar surface area (TPSA) is 105 Å². The molecule has 6 nitrogen and oxygen atoms in total. The maximum atomic E-state index is 12.8. The lowest BCUT2D eigenvalue weighted by atomic mass is 9.68. The van der Waals surface area contributed by atoms with Crippen LogP contribution in [0.5, 0.6) is 11.5 Å². The molecule has 6 aromatic rings. The quantitative estimate of drug-likeness (QED) is 0.117. The predicted octanol–water partition coefficient (Wildman–Crippen LogP) is 7.65. The first-order chi connectivity index (χ1) is 21.9. The normalized spacial score (nSPS) is 12.5. The van der Waals surface area contributed by atoms with Crippen LogP contribution in [0.3, 0.4) is 0 Å². The summed E-state index contributed by atoms with van der Waals surface area (Å²) >= 11 is 0. The van der Waals surface area contributed by atoms with Crippen LogP contribution in [0, 0.1) is 0 Å². The lowest BCUT2D eigenvalue weighted by Gasteiger charge is -2.34. The monoisotopic (exact) mass is 588 g/mol. The van der Waals surface area contributed by atoms with E-state index >= 15 is 0 Å². The molecule has 1 aliphatic carbocycles. The molecule has 0 spiro atoms. The van der Waals surface area contributed by atoms with Crippen LogP contribution in [0.2, 0.25) is 0 Å². The first kappa shape index (κ1) is 27.7. The number of rotatable bonds is 6. The zero-order valence-corrected chi connectivity index (χ0v) is 24.1. The minimum atomic E-state index is -0.674. The molecule has 0 heterocycles. The Morgan fingerprint density at radius 2 is 0.800 bits per heavy atom. The number of ether oxygens (including phenoxy) is 2. The Kier molecular flexibility index (Phi) is 6.87. The molecule has 45 heavy (non-hydrogen) atoms. The van der Waals surface area contributed by atoms with Crippen molar-refractivity contribution in [1.29, 1.82) is 0 Å². The van der Waals surface area contributed by atoms with E-state index < -0.39 is 17.4 Å². The van der Waals surface area contributed by atoms with Gasteiger partial charge in [0.1, 0.15) is 11.5 Å². The third-order valence-electron chi connectivity index (χ3n) is 8.24. The van der Waals surface area contributed by atoms with Crippen LogP contribution in [-0.2, 0) is 5.41 Å². The van der Waals surface area contributed by atoms with Crippen LogP contribution in [0.25, 0.3) is 11.1 Å². The van der Waals surface area contributed by atoms with E-state index in [2.05, 4.69) is 24.3 Å². The number of nitrogen functional groups attached to an aromatic ring is 2. The van der Waals surface area contributed by atoms with Gasteiger partial charge in [-0.2, -0.15) is 0 Å². The van der Waals surface area contributed by atoms with E-state index in [0.29, 0.717) is 34.0 Å². The van der Waals surface area contributed by atoms with E-state index in [1.54, 1.807) is 48.5 Å². The standard InChI is InChI=1S/C39H28N2O4/c40-29-17-9-25(10-18-29)37(42)44-31-21-13-27(14-22-31)39(35-7-3-1-5-33(35)34-6-2-4-8-36(34)39)28-15-23-32(24-16-28)45-38(43)26-11-19-30(41)20-12-26/h1-24H,40-41H2. The van der Waals surface area contributed by atoms with Crippen LogP contribution >= 0.6 is 0 Å². The van der Waals surface area contributed by atoms with E-state index in [-0.39, 0.29) is 0 Å². The van der Waals surface area contributed by atoms with Gasteiger partial charge in [0.2, 0.25) is 0 Å². The molecular formula is C39H28N2O4. The molecule has 0 amide bonds. The highest BCUT2D eigenvalue weighted by atomic mass is 16.5. The summed E-state index contributed by atoms with van der Waals surface area (Å²) in [4.78, 5) is 25.6. The molecule has 6 aromatic carbocycles. The van der Waals surface area contributed by atoms with Gasteiger partial charge in [-0.25, -0.2) is 9.59 Å². The fourth-order valence-electron chi connectivity index (χ4n) is 6.14. The van der Waals surface area contributed by atoms with Crippen molar-refractivity contribution >= 4 is 23.3 Å². The third kappa shape index (κ3) is 4.88. The Balaban J connectivity index is 1.28. The second-order valence-electron chi connectivity index (χ2n) is 10.9. The van der Waals surface area contributed by atoms with E-state index in [0.717, 1.165) is 33.4 Å². The molecule has 0 bridgehead atoms. The van der Waals surface area contributed by atoms with Crippen LogP contribution in [0.15, 0.2) is 146 Å². The van der Waals surface area contributed by atoms with Crippen molar-refractivity contribution < 1.29 is 19.1 Å². The fourth-order valence-corrected chi connectivity index (χ4v) is 6.14. The largest absolute Gasteiger partial charge is 0.423 e. The summed E-state index contributed by atoms with van der Waals surface area (Å²) < 4.78 is 11.4. The number of esters is 2. The minimum absolute atomic E-state index is 0.417. The maximum Gasteiger partial charge on any atom is 0.343 e. The van der Waals surface area contributed by atoms with Gasteiger partial charge in [0.05, 0.1) is 16.5 Å². The summed E-state index contributed by atoms with van der Waals surface area (Å²) in [6.07, 6.45) is 0. The summed E-state index contributed by atoms with van der Waals surface area (Å²) in [5.74, 6) is -0.0586. The summed E-state index contributed by atoms with van der Waals surface area (Å²) in [7, 11) is 0. The first-order valence-corrected chi connectivity index (χ1v) is 14.5. The summed E-state index contributed by atoms with van der Waals surface area (Å²) in [5.41, 5.74) is 19.4. The van der Waals surface area contributed by atoms with Crippen molar-refractivity contribution in [2.24, 2.45) is 0 Å². The van der Waals surface area contributed by atoms with Crippen molar-refractivity contribution in [1.82, 2.24) is 0 Å². The molecule has 218 valence electrons. The van der Waals surface area contributed by atoms with Crippen LogP contribution < -0.4 is 20.9 Å². The highest BCUT2D eigenvalue weighted by molar-refractivity contribution is 5.92. The predicted molar refractivity (Wildman–Crippen MR) is 175 cm³/mol. The Morgan fingerprint density at radius 1 is 0.444 bits per heavy atom. The van der Waals surface area contributed by atoms with Crippen molar-refractivity contribution in [3.63, 3.8) is 0 Å². The summed E-state index contributed by atoms with van der Waals surface area (Å²) in [5, 5.41) is 0. The second kappa shape index (κ2) is 11.2. The fraction of sp³-hybridized carbons (Fsp3) is 0.0256.